The van der Waals surface area contributed by atoms with Gasteiger partial charge in [0.15, 0.2) is 0 Å². The summed E-state index contributed by atoms with van der Waals surface area (Å²) in [6, 6.07) is 13.0. The highest BCUT2D eigenvalue weighted by Gasteiger charge is 2.16. The fraction of sp³-hybridized carbons (Fsp3) is 0. The van der Waals surface area contributed by atoms with Crippen LogP contribution in [0.4, 0.5) is 5.82 Å². The first kappa shape index (κ1) is 10.5. The molecule has 3 aromatic rings. The van der Waals surface area contributed by atoms with Crippen molar-refractivity contribution in [3.8, 4) is 5.69 Å². The van der Waals surface area contributed by atoms with E-state index in [9.17, 15) is 10.1 Å². The predicted molar refractivity (Wildman–Crippen MR) is 67.7 cm³/mol. The highest BCUT2D eigenvalue weighted by molar-refractivity contribution is 5.82. The number of pyridine rings is 1. The van der Waals surface area contributed by atoms with E-state index in [1.807, 2.05) is 36.5 Å². The molecule has 0 aliphatic carbocycles. The van der Waals surface area contributed by atoms with Crippen molar-refractivity contribution in [2.24, 2.45) is 0 Å². The number of aromatic nitrogens is 2. The van der Waals surface area contributed by atoms with Gasteiger partial charge in [0.05, 0.1) is 5.52 Å². The van der Waals surface area contributed by atoms with E-state index in [0.29, 0.717) is 5.69 Å². The van der Waals surface area contributed by atoms with Gasteiger partial charge in [-0.3, -0.25) is 0 Å². The Labute approximate surface area is 102 Å². The molecule has 0 unspecified atom stereocenters. The molecular formula is C13H9N3O2. The van der Waals surface area contributed by atoms with Crippen LogP contribution in [0.25, 0.3) is 16.6 Å². The topological polar surface area (TPSA) is 61.0 Å². The van der Waals surface area contributed by atoms with Gasteiger partial charge >= 0.3 is 5.82 Å². The van der Waals surface area contributed by atoms with Crippen molar-refractivity contribution in [1.29, 1.82) is 0 Å². The van der Waals surface area contributed by atoms with Crippen LogP contribution >= 0.6 is 0 Å². The third-order valence-electron chi connectivity index (χ3n) is 2.80. The minimum absolute atomic E-state index is 0.140. The Balaban J connectivity index is 2.30. The first-order valence-corrected chi connectivity index (χ1v) is 5.43. The summed E-state index contributed by atoms with van der Waals surface area (Å²) in [6.07, 6.45) is 3.24. The van der Waals surface area contributed by atoms with Gasteiger partial charge in [0, 0.05) is 6.20 Å². The number of benzene rings is 1. The summed E-state index contributed by atoms with van der Waals surface area (Å²) < 4.78 is 1.78. The van der Waals surface area contributed by atoms with Gasteiger partial charge in [-0.25, -0.2) is 0 Å². The largest absolute Gasteiger partial charge is 0.387 e. The predicted octanol–water partition coefficient (Wildman–Crippen LogP) is 2.93. The van der Waals surface area contributed by atoms with Crippen LogP contribution in [0.3, 0.4) is 0 Å². The maximum absolute atomic E-state index is 11.0. The Morgan fingerprint density at radius 1 is 1.11 bits per heavy atom. The Bertz CT molecular complexity index is 734. The quantitative estimate of drug-likeness (QED) is 0.510. The van der Waals surface area contributed by atoms with Crippen LogP contribution in [-0.4, -0.2) is 14.5 Å². The molecule has 0 radical (unpaired) electrons. The molecule has 0 saturated heterocycles. The van der Waals surface area contributed by atoms with E-state index in [1.54, 1.807) is 16.7 Å². The van der Waals surface area contributed by atoms with Gasteiger partial charge in [-0.15, -0.1) is 0 Å². The molecule has 3 rings (SSSR count). The van der Waals surface area contributed by atoms with Gasteiger partial charge in [0.2, 0.25) is 0 Å². The Kier molecular flexibility index (Phi) is 2.30. The van der Waals surface area contributed by atoms with Crippen molar-refractivity contribution in [3.05, 3.63) is 65.0 Å². The fourth-order valence-electron chi connectivity index (χ4n) is 2.01. The standard InChI is InChI=1S/C13H9N3O2/c17-16(18)13-12(6-3-8-14-13)15-9-7-10-4-1-2-5-11(10)15/h1-9H. The van der Waals surface area contributed by atoms with Gasteiger partial charge in [-0.2, -0.15) is 0 Å². The Morgan fingerprint density at radius 2 is 1.94 bits per heavy atom. The second kappa shape index (κ2) is 3.96. The second-order valence-corrected chi connectivity index (χ2v) is 3.85. The number of para-hydroxylation sites is 1. The van der Waals surface area contributed by atoms with E-state index in [2.05, 4.69) is 4.98 Å². The van der Waals surface area contributed by atoms with Crippen LogP contribution in [-0.2, 0) is 0 Å². The van der Waals surface area contributed by atoms with Crippen LogP contribution in [0.15, 0.2) is 54.9 Å². The van der Waals surface area contributed by atoms with Crippen LogP contribution in [0.5, 0.6) is 0 Å². The molecule has 0 atom stereocenters. The molecule has 1 aromatic carbocycles. The summed E-state index contributed by atoms with van der Waals surface area (Å²) in [5.74, 6) is -0.140. The van der Waals surface area contributed by atoms with Gasteiger partial charge in [-0.05, 0) is 39.6 Å². The average Bonchev–Trinajstić information content (AvgIpc) is 2.82. The lowest BCUT2D eigenvalue weighted by molar-refractivity contribution is -0.389. The van der Waals surface area contributed by atoms with Crippen molar-refractivity contribution >= 4 is 16.7 Å². The molecule has 18 heavy (non-hydrogen) atoms. The van der Waals surface area contributed by atoms with Gasteiger partial charge in [0.1, 0.15) is 11.9 Å². The van der Waals surface area contributed by atoms with Gasteiger partial charge < -0.3 is 14.7 Å². The number of hydrogen-bond acceptors (Lipinski definition) is 3. The molecule has 88 valence electrons. The highest BCUT2D eigenvalue weighted by Crippen LogP contribution is 2.25. The third kappa shape index (κ3) is 1.53. The molecule has 0 bridgehead atoms. The maximum atomic E-state index is 11.0. The van der Waals surface area contributed by atoms with Crippen molar-refractivity contribution < 1.29 is 4.92 Å². The molecule has 0 N–H and O–H groups in total. The summed E-state index contributed by atoms with van der Waals surface area (Å²) >= 11 is 0. The van der Waals surface area contributed by atoms with Crippen molar-refractivity contribution in [1.82, 2.24) is 9.55 Å². The van der Waals surface area contributed by atoms with E-state index < -0.39 is 4.92 Å². The molecule has 0 aliphatic heterocycles. The maximum Gasteiger partial charge on any atom is 0.387 e. The molecule has 0 saturated carbocycles. The van der Waals surface area contributed by atoms with E-state index in [-0.39, 0.29) is 5.82 Å². The van der Waals surface area contributed by atoms with E-state index in [0.717, 1.165) is 10.9 Å². The number of rotatable bonds is 2. The lowest BCUT2D eigenvalue weighted by Gasteiger charge is -2.05. The zero-order valence-electron chi connectivity index (χ0n) is 9.35. The zero-order valence-corrected chi connectivity index (χ0v) is 9.35. The fourth-order valence-corrected chi connectivity index (χ4v) is 2.01. The molecular weight excluding hydrogens is 230 g/mol. The van der Waals surface area contributed by atoms with E-state index >= 15 is 0 Å². The summed E-state index contributed by atoms with van der Waals surface area (Å²) in [6.45, 7) is 0. The first-order valence-electron chi connectivity index (χ1n) is 5.43. The smallest absolute Gasteiger partial charge is 0.358 e. The minimum Gasteiger partial charge on any atom is -0.358 e. The van der Waals surface area contributed by atoms with Crippen LogP contribution < -0.4 is 0 Å². The van der Waals surface area contributed by atoms with E-state index in [1.165, 1.54) is 6.20 Å². The van der Waals surface area contributed by atoms with Gasteiger partial charge in [-0.1, -0.05) is 18.2 Å². The number of fused-ring (bicyclic) bond motifs is 1. The number of nitrogens with zero attached hydrogens (tertiary/aromatic N) is 3. The van der Waals surface area contributed by atoms with Crippen molar-refractivity contribution in [2.45, 2.75) is 0 Å². The first-order chi connectivity index (χ1) is 8.77. The second-order valence-electron chi connectivity index (χ2n) is 3.85. The molecule has 5 nitrogen and oxygen atoms in total. The van der Waals surface area contributed by atoms with Crippen LogP contribution in [0.2, 0.25) is 0 Å². The minimum atomic E-state index is -0.468. The monoisotopic (exact) mass is 239 g/mol. The molecule has 0 amide bonds. The molecule has 5 heteroatoms. The summed E-state index contributed by atoms with van der Waals surface area (Å²) in [4.78, 5) is 14.3. The molecule has 0 spiro atoms. The van der Waals surface area contributed by atoms with Gasteiger partial charge in [0.25, 0.3) is 0 Å². The normalized spacial score (nSPS) is 10.7. The third-order valence-corrected chi connectivity index (χ3v) is 2.80. The van der Waals surface area contributed by atoms with Crippen LogP contribution in [0.1, 0.15) is 0 Å². The zero-order chi connectivity index (χ0) is 12.5. The summed E-state index contributed by atoms with van der Waals surface area (Å²) in [5.41, 5.74) is 1.40. The molecule has 2 heterocycles. The lowest BCUT2D eigenvalue weighted by atomic mass is 10.2. The lowest BCUT2D eigenvalue weighted by Crippen LogP contribution is -2.00. The Hall–Kier alpha value is -2.69. The van der Waals surface area contributed by atoms with Crippen molar-refractivity contribution in [2.75, 3.05) is 0 Å². The molecule has 0 fully saturated rings. The average molecular weight is 239 g/mol. The van der Waals surface area contributed by atoms with E-state index in [4.69, 9.17) is 0 Å². The summed E-state index contributed by atoms with van der Waals surface area (Å²) in [7, 11) is 0. The summed E-state index contributed by atoms with van der Waals surface area (Å²) in [5, 5.41) is 12.0. The number of nitro groups is 1. The molecule has 2 aromatic heterocycles. The number of hydrogen-bond donors (Lipinski definition) is 0. The highest BCUT2D eigenvalue weighted by atomic mass is 16.6. The van der Waals surface area contributed by atoms with Crippen LogP contribution in [0, 0.1) is 10.1 Å². The van der Waals surface area contributed by atoms with Crippen molar-refractivity contribution in [3.63, 3.8) is 0 Å². The molecule has 0 aliphatic rings. The SMILES string of the molecule is O=[N+]([O-])c1ncccc1-n1ccc2ccccc21. The Morgan fingerprint density at radius 3 is 2.78 bits per heavy atom.